The van der Waals surface area contributed by atoms with Gasteiger partial charge in [-0.3, -0.25) is 14.5 Å². The molecule has 1 aromatic rings. The molecule has 0 saturated carbocycles. The molecule has 26 heavy (non-hydrogen) atoms. The van der Waals surface area contributed by atoms with Gasteiger partial charge in [-0.1, -0.05) is 37.3 Å². The smallest absolute Gasteiger partial charge is 0.313 e. The molecule has 0 aromatic heterocycles. The van der Waals surface area contributed by atoms with Crippen LogP contribution in [0.2, 0.25) is 0 Å². The molecule has 0 bridgehead atoms. The minimum Gasteiger partial charge on any atom is -0.496 e. The number of benzene rings is 1. The van der Waals surface area contributed by atoms with Crippen molar-refractivity contribution in [1.29, 1.82) is 0 Å². The van der Waals surface area contributed by atoms with Gasteiger partial charge in [0, 0.05) is 50.6 Å². The van der Waals surface area contributed by atoms with Crippen LogP contribution < -0.4 is 4.74 Å². The molecule has 2 atom stereocenters. The summed E-state index contributed by atoms with van der Waals surface area (Å²) in [4.78, 5) is 27.9. The van der Waals surface area contributed by atoms with Crippen LogP contribution in [-0.2, 0) is 9.59 Å². The molecule has 2 aliphatic heterocycles. The predicted octanol–water partition coefficient (Wildman–Crippen LogP) is 1.96. The van der Waals surface area contributed by atoms with Crippen molar-refractivity contribution in [2.75, 3.05) is 39.8 Å². The topological polar surface area (TPSA) is 70.1 Å². The van der Waals surface area contributed by atoms with E-state index in [0.29, 0.717) is 39.1 Å². The number of nitrogens with zero attached hydrogens (tertiary/aromatic N) is 2. The summed E-state index contributed by atoms with van der Waals surface area (Å²) in [5, 5.41) is 9.84. The van der Waals surface area contributed by atoms with Crippen LogP contribution in [0, 0.1) is 11.3 Å². The second-order valence-corrected chi connectivity index (χ2v) is 7.12. The minimum atomic E-state index is -0.830. The summed E-state index contributed by atoms with van der Waals surface area (Å²) in [5.74, 6) is 0.0701. The van der Waals surface area contributed by atoms with Gasteiger partial charge >= 0.3 is 5.97 Å². The van der Waals surface area contributed by atoms with E-state index in [1.807, 2.05) is 43.3 Å². The van der Waals surface area contributed by atoms with Crippen molar-refractivity contribution in [3.05, 3.63) is 35.9 Å². The Morgan fingerprint density at radius 1 is 1.31 bits per heavy atom. The van der Waals surface area contributed by atoms with Crippen molar-refractivity contribution in [3.63, 3.8) is 0 Å². The molecular formula is C20H26N2O4. The maximum Gasteiger partial charge on any atom is 0.313 e. The van der Waals surface area contributed by atoms with E-state index in [1.165, 1.54) is 0 Å². The molecule has 0 unspecified atom stereocenters. The molecule has 6 nitrogen and oxygen atoms in total. The number of rotatable bonds is 6. The zero-order chi connectivity index (χ0) is 18.7. The maximum absolute atomic E-state index is 12.0. The first-order valence-corrected chi connectivity index (χ1v) is 9.03. The molecule has 6 heteroatoms. The Morgan fingerprint density at radius 2 is 2.08 bits per heavy atom. The Labute approximate surface area is 154 Å². The van der Waals surface area contributed by atoms with Crippen LogP contribution in [0.1, 0.15) is 18.9 Å². The number of hydrogen-bond donors (Lipinski definition) is 1. The summed E-state index contributed by atoms with van der Waals surface area (Å²) >= 11 is 0. The zero-order valence-electron chi connectivity index (χ0n) is 15.4. The number of aliphatic carboxylic acids is 1. The second-order valence-electron chi connectivity index (χ2n) is 7.12. The lowest BCUT2D eigenvalue weighted by atomic mass is 9.81. The molecule has 2 saturated heterocycles. The van der Waals surface area contributed by atoms with Crippen LogP contribution in [0.15, 0.2) is 30.3 Å². The van der Waals surface area contributed by atoms with Crippen LogP contribution in [-0.4, -0.2) is 66.6 Å². The Bertz CT molecular complexity index is 718. The standard InChI is InChI=1S/C20H26N2O4/c1-3-18(23)22-12-16-11-21(13-20(16,14-22)19(24)25)10-6-8-15-7-4-5-9-17(15)26-2/h4-9,16H,3,10-14H2,1-2H3,(H,24,25)/b8-6+/t16-,20-/m0/s1. The van der Waals surface area contributed by atoms with Gasteiger partial charge in [0.15, 0.2) is 0 Å². The quantitative estimate of drug-likeness (QED) is 0.842. The van der Waals surface area contributed by atoms with Crippen LogP contribution in [0.5, 0.6) is 5.75 Å². The van der Waals surface area contributed by atoms with Gasteiger partial charge in [0.25, 0.3) is 0 Å². The summed E-state index contributed by atoms with van der Waals surface area (Å²) in [6, 6.07) is 7.79. The lowest BCUT2D eigenvalue weighted by Gasteiger charge is -2.24. The molecule has 0 aliphatic carbocycles. The van der Waals surface area contributed by atoms with Crippen molar-refractivity contribution in [1.82, 2.24) is 9.80 Å². The monoisotopic (exact) mass is 358 g/mol. The Balaban J connectivity index is 1.66. The van der Waals surface area contributed by atoms with Gasteiger partial charge in [0.2, 0.25) is 5.91 Å². The number of likely N-dealkylation sites (tertiary alicyclic amines) is 2. The van der Waals surface area contributed by atoms with E-state index in [0.717, 1.165) is 11.3 Å². The number of carbonyl (C=O) groups excluding carboxylic acids is 1. The third-order valence-electron chi connectivity index (χ3n) is 5.56. The highest BCUT2D eigenvalue weighted by Crippen LogP contribution is 2.43. The molecule has 0 radical (unpaired) electrons. The summed E-state index contributed by atoms with van der Waals surface area (Å²) in [7, 11) is 1.65. The SMILES string of the molecule is CCC(=O)N1C[C@@H]2CN(C/C=C/c3ccccc3OC)C[C@]2(C(=O)O)C1. The fourth-order valence-electron chi connectivity index (χ4n) is 4.16. The van der Waals surface area contributed by atoms with E-state index < -0.39 is 11.4 Å². The number of para-hydroxylation sites is 1. The van der Waals surface area contributed by atoms with E-state index in [-0.39, 0.29) is 11.8 Å². The Hall–Kier alpha value is -2.34. The van der Waals surface area contributed by atoms with E-state index in [2.05, 4.69) is 4.90 Å². The Kier molecular flexibility index (Phi) is 5.32. The minimum absolute atomic E-state index is 0.00448. The predicted molar refractivity (Wildman–Crippen MR) is 98.9 cm³/mol. The number of amides is 1. The van der Waals surface area contributed by atoms with E-state index in [4.69, 9.17) is 4.74 Å². The zero-order valence-corrected chi connectivity index (χ0v) is 15.4. The lowest BCUT2D eigenvalue weighted by Crippen LogP contribution is -2.41. The van der Waals surface area contributed by atoms with Gasteiger partial charge < -0.3 is 14.7 Å². The van der Waals surface area contributed by atoms with Crippen molar-refractivity contribution < 1.29 is 19.4 Å². The average Bonchev–Trinajstić information content (AvgIpc) is 3.16. The molecule has 2 fully saturated rings. The van der Waals surface area contributed by atoms with Crippen LogP contribution in [0.25, 0.3) is 6.08 Å². The largest absolute Gasteiger partial charge is 0.496 e. The first-order chi connectivity index (χ1) is 12.5. The van der Waals surface area contributed by atoms with Crippen LogP contribution >= 0.6 is 0 Å². The molecule has 140 valence electrons. The van der Waals surface area contributed by atoms with E-state index in [1.54, 1.807) is 12.0 Å². The van der Waals surface area contributed by atoms with Crippen molar-refractivity contribution >= 4 is 18.0 Å². The second kappa shape index (κ2) is 7.50. The number of carboxylic acid groups (broad SMARTS) is 1. The number of methoxy groups -OCH3 is 1. The summed E-state index contributed by atoms with van der Waals surface area (Å²) in [6.45, 7) is 4.56. The van der Waals surface area contributed by atoms with Gasteiger partial charge in [0.1, 0.15) is 11.2 Å². The van der Waals surface area contributed by atoms with E-state index >= 15 is 0 Å². The Morgan fingerprint density at radius 3 is 2.73 bits per heavy atom. The number of hydrogen-bond acceptors (Lipinski definition) is 4. The highest BCUT2D eigenvalue weighted by atomic mass is 16.5. The first kappa shape index (κ1) is 18.5. The number of carbonyl (C=O) groups is 2. The molecule has 1 N–H and O–H groups in total. The highest BCUT2D eigenvalue weighted by Gasteiger charge is 2.58. The number of carboxylic acids is 1. The summed E-state index contributed by atoms with van der Waals surface area (Å²) in [5.41, 5.74) is 0.172. The molecule has 2 heterocycles. The van der Waals surface area contributed by atoms with Crippen LogP contribution in [0.4, 0.5) is 0 Å². The molecule has 1 aromatic carbocycles. The number of ether oxygens (including phenoxy) is 1. The van der Waals surface area contributed by atoms with Crippen molar-refractivity contribution in [2.24, 2.45) is 11.3 Å². The van der Waals surface area contributed by atoms with E-state index in [9.17, 15) is 14.7 Å². The molecular weight excluding hydrogens is 332 g/mol. The normalized spacial score (nSPS) is 25.6. The first-order valence-electron chi connectivity index (χ1n) is 9.03. The summed E-state index contributed by atoms with van der Waals surface area (Å²) in [6.07, 6.45) is 4.48. The van der Waals surface area contributed by atoms with Gasteiger partial charge in [0.05, 0.1) is 7.11 Å². The average molecular weight is 358 g/mol. The molecule has 0 spiro atoms. The highest BCUT2D eigenvalue weighted by molar-refractivity contribution is 5.81. The fourth-order valence-corrected chi connectivity index (χ4v) is 4.16. The lowest BCUT2D eigenvalue weighted by molar-refractivity contribution is -0.149. The molecule has 3 rings (SSSR count). The third-order valence-corrected chi connectivity index (χ3v) is 5.56. The maximum atomic E-state index is 12.0. The fraction of sp³-hybridized carbons (Fsp3) is 0.500. The van der Waals surface area contributed by atoms with Crippen molar-refractivity contribution in [3.8, 4) is 5.75 Å². The summed E-state index contributed by atoms with van der Waals surface area (Å²) < 4.78 is 5.34. The number of fused-ring (bicyclic) bond motifs is 1. The molecule has 2 aliphatic rings. The van der Waals surface area contributed by atoms with Crippen molar-refractivity contribution in [2.45, 2.75) is 13.3 Å². The third kappa shape index (κ3) is 3.33. The van der Waals surface area contributed by atoms with Gasteiger partial charge in [-0.15, -0.1) is 0 Å². The molecule has 1 amide bonds. The van der Waals surface area contributed by atoms with Gasteiger partial charge in [-0.05, 0) is 6.07 Å². The van der Waals surface area contributed by atoms with Crippen LogP contribution in [0.3, 0.4) is 0 Å². The van der Waals surface area contributed by atoms with Gasteiger partial charge in [-0.25, -0.2) is 0 Å². The van der Waals surface area contributed by atoms with Gasteiger partial charge in [-0.2, -0.15) is 0 Å².